The molecule has 0 bridgehead atoms. The Morgan fingerprint density at radius 2 is 2.00 bits per heavy atom. The van der Waals surface area contributed by atoms with E-state index in [-0.39, 0.29) is 27.7 Å². The number of ketones is 1. The highest BCUT2D eigenvalue weighted by molar-refractivity contribution is 7.91. The second-order valence-electron chi connectivity index (χ2n) is 3.33. The summed E-state index contributed by atoms with van der Waals surface area (Å²) in [7, 11) is -3.64. The Morgan fingerprint density at radius 1 is 1.44 bits per heavy atom. The van der Waals surface area contributed by atoms with Crippen LogP contribution in [0.15, 0.2) is 17.0 Å². The molecule has 0 aromatic heterocycles. The molecule has 1 aromatic carbocycles. The van der Waals surface area contributed by atoms with Gasteiger partial charge in [-0.2, -0.15) is 0 Å². The summed E-state index contributed by atoms with van der Waals surface area (Å²) in [6, 6.07) is 2.47. The van der Waals surface area contributed by atoms with Crippen molar-refractivity contribution in [1.29, 1.82) is 0 Å². The number of rotatable bonds is 3. The van der Waals surface area contributed by atoms with Gasteiger partial charge in [0.2, 0.25) is 0 Å². The number of anilines is 1. The monoisotopic (exact) mass is 243 g/mol. The second kappa shape index (κ2) is 4.13. The van der Waals surface area contributed by atoms with Crippen LogP contribution in [0.4, 0.5) is 5.69 Å². The molecule has 0 heterocycles. The highest BCUT2D eigenvalue weighted by atomic mass is 32.2. The molecular weight excluding hydrogens is 230 g/mol. The fourth-order valence-corrected chi connectivity index (χ4v) is 2.49. The molecule has 0 aliphatic rings. The lowest BCUT2D eigenvalue weighted by Crippen LogP contribution is -2.10. The van der Waals surface area contributed by atoms with E-state index in [1.807, 2.05) is 0 Å². The van der Waals surface area contributed by atoms with Crippen LogP contribution in [-0.4, -0.2) is 25.1 Å². The number of benzene rings is 1. The predicted octanol–water partition coefficient (Wildman–Crippen LogP) is 0.971. The van der Waals surface area contributed by atoms with Crippen molar-refractivity contribution in [1.82, 2.24) is 0 Å². The molecule has 3 N–H and O–H groups in total. The van der Waals surface area contributed by atoms with Gasteiger partial charge in [0.1, 0.15) is 10.6 Å². The van der Waals surface area contributed by atoms with Gasteiger partial charge in [-0.05, 0) is 19.1 Å². The smallest absolute Gasteiger partial charge is 0.183 e. The van der Waals surface area contributed by atoms with Gasteiger partial charge in [0, 0.05) is 5.56 Å². The van der Waals surface area contributed by atoms with Crippen molar-refractivity contribution in [2.24, 2.45) is 0 Å². The third-order valence-electron chi connectivity index (χ3n) is 2.25. The summed E-state index contributed by atoms with van der Waals surface area (Å²) in [4.78, 5) is 10.8. The van der Waals surface area contributed by atoms with Crippen LogP contribution < -0.4 is 5.73 Å². The number of carbonyl (C=O) groups is 1. The Bertz CT molecular complexity index is 534. The fourth-order valence-electron chi connectivity index (χ4n) is 1.37. The maximum absolute atomic E-state index is 11.7. The summed E-state index contributed by atoms with van der Waals surface area (Å²) in [5, 5.41) is 9.49. The number of phenolic OH excluding ortho intramolecular Hbond substituents is 1. The third-order valence-corrected chi connectivity index (χ3v) is 4.06. The minimum atomic E-state index is -3.64. The fraction of sp³-hybridized carbons (Fsp3) is 0.300. The molecule has 0 atom stereocenters. The first kappa shape index (κ1) is 12.5. The number of Topliss-reactive ketones (excluding diaryl/α,β-unsaturated/α-hetero) is 1. The van der Waals surface area contributed by atoms with Crippen molar-refractivity contribution in [3.8, 4) is 5.75 Å². The van der Waals surface area contributed by atoms with Crippen LogP contribution in [-0.2, 0) is 9.84 Å². The lowest BCUT2D eigenvalue weighted by Gasteiger charge is -2.10. The van der Waals surface area contributed by atoms with Gasteiger partial charge in [-0.25, -0.2) is 8.42 Å². The number of sulfone groups is 1. The van der Waals surface area contributed by atoms with E-state index in [1.54, 1.807) is 0 Å². The van der Waals surface area contributed by atoms with Crippen LogP contribution in [0.25, 0.3) is 0 Å². The van der Waals surface area contributed by atoms with Gasteiger partial charge in [-0.1, -0.05) is 6.92 Å². The number of hydrogen-bond acceptors (Lipinski definition) is 5. The van der Waals surface area contributed by atoms with E-state index in [0.717, 1.165) is 6.07 Å². The van der Waals surface area contributed by atoms with E-state index in [0.29, 0.717) is 0 Å². The first-order valence-corrected chi connectivity index (χ1v) is 6.31. The number of nitrogen functional groups attached to an aromatic ring is 1. The molecule has 16 heavy (non-hydrogen) atoms. The summed E-state index contributed by atoms with van der Waals surface area (Å²) in [5.41, 5.74) is 5.50. The maximum atomic E-state index is 11.7. The number of hydrogen-bond donors (Lipinski definition) is 2. The van der Waals surface area contributed by atoms with Gasteiger partial charge in [-0.3, -0.25) is 4.79 Å². The average Bonchev–Trinajstić information content (AvgIpc) is 2.16. The molecule has 0 aliphatic heterocycles. The molecule has 0 saturated carbocycles. The van der Waals surface area contributed by atoms with E-state index in [2.05, 4.69) is 0 Å². The second-order valence-corrected chi connectivity index (χ2v) is 5.55. The van der Waals surface area contributed by atoms with Crippen molar-refractivity contribution in [2.75, 3.05) is 11.5 Å². The molecule has 5 nitrogen and oxygen atoms in total. The normalized spacial score (nSPS) is 11.4. The molecule has 0 radical (unpaired) electrons. The molecule has 0 saturated heterocycles. The van der Waals surface area contributed by atoms with Gasteiger partial charge in [0.05, 0.1) is 11.4 Å². The lowest BCUT2D eigenvalue weighted by atomic mass is 10.1. The summed E-state index contributed by atoms with van der Waals surface area (Å²) in [6.07, 6.45) is 0. The van der Waals surface area contributed by atoms with Crippen molar-refractivity contribution < 1.29 is 18.3 Å². The van der Waals surface area contributed by atoms with E-state index >= 15 is 0 Å². The van der Waals surface area contributed by atoms with Crippen molar-refractivity contribution in [3.63, 3.8) is 0 Å². The number of phenols is 1. The van der Waals surface area contributed by atoms with Gasteiger partial charge in [-0.15, -0.1) is 0 Å². The minimum Gasteiger partial charge on any atom is -0.507 e. The standard InChI is InChI=1S/C10H13NO4S/c1-3-16(14,15)10-8(13)5-4-7(6(2)12)9(10)11/h4-5,13H,3,11H2,1-2H3. The van der Waals surface area contributed by atoms with E-state index < -0.39 is 15.6 Å². The van der Waals surface area contributed by atoms with E-state index in [4.69, 9.17) is 5.73 Å². The lowest BCUT2D eigenvalue weighted by molar-refractivity contribution is 0.101. The van der Waals surface area contributed by atoms with Crippen LogP contribution in [0, 0.1) is 0 Å². The number of nitrogens with two attached hydrogens (primary N) is 1. The van der Waals surface area contributed by atoms with Crippen LogP contribution in [0.2, 0.25) is 0 Å². The number of aromatic hydroxyl groups is 1. The zero-order valence-corrected chi connectivity index (χ0v) is 9.84. The molecule has 0 amide bonds. The first-order valence-electron chi connectivity index (χ1n) is 4.66. The third kappa shape index (κ3) is 2.01. The molecule has 88 valence electrons. The highest BCUT2D eigenvalue weighted by Gasteiger charge is 2.23. The average molecular weight is 243 g/mol. The van der Waals surface area contributed by atoms with Crippen molar-refractivity contribution in [2.45, 2.75) is 18.7 Å². The number of carbonyl (C=O) groups excluding carboxylic acids is 1. The molecule has 6 heteroatoms. The molecule has 1 rings (SSSR count). The molecule has 0 unspecified atom stereocenters. The summed E-state index contributed by atoms with van der Waals surface area (Å²) < 4.78 is 23.3. The molecular formula is C10H13NO4S. The zero-order chi connectivity index (χ0) is 12.5. The van der Waals surface area contributed by atoms with Gasteiger partial charge in [0.15, 0.2) is 15.6 Å². The maximum Gasteiger partial charge on any atom is 0.183 e. The van der Waals surface area contributed by atoms with E-state index in [9.17, 15) is 18.3 Å². The molecule has 0 spiro atoms. The SMILES string of the molecule is CCS(=O)(=O)c1c(O)ccc(C(C)=O)c1N. The summed E-state index contributed by atoms with van der Waals surface area (Å²) >= 11 is 0. The molecule has 1 aromatic rings. The van der Waals surface area contributed by atoms with Crippen LogP contribution >= 0.6 is 0 Å². The Morgan fingerprint density at radius 3 is 2.44 bits per heavy atom. The Balaban J connectivity index is 3.63. The largest absolute Gasteiger partial charge is 0.507 e. The summed E-state index contributed by atoms with van der Waals surface area (Å²) in [5.74, 6) is -0.957. The summed E-state index contributed by atoms with van der Waals surface area (Å²) in [6.45, 7) is 2.72. The van der Waals surface area contributed by atoms with Crippen LogP contribution in [0.1, 0.15) is 24.2 Å². The van der Waals surface area contributed by atoms with Gasteiger partial charge < -0.3 is 10.8 Å². The van der Waals surface area contributed by atoms with Crippen LogP contribution in [0.5, 0.6) is 5.75 Å². The van der Waals surface area contributed by atoms with Crippen molar-refractivity contribution in [3.05, 3.63) is 17.7 Å². The quantitative estimate of drug-likeness (QED) is 0.609. The van der Waals surface area contributed by atoms with Crippen molar-refractivity contribution >= 4 is 21.3 Å². The zero-order valence-electron chi connectivity index (χ0n) is 9.02. The predicted molar refractivity (Wildman–Crippen MR) is 60.3 cm³/mol. The van der Waals surface area contributed by atoms with Gasteiger partial charge in [0.25, 0.3) is 0 Å². The van der Waals surface area contributed by atoms with Crippen LogP contribution in [0.3, 0.4) is 0 Å². The molecule has 0 fully saturated rings. The highest BCUT2D eigenvalue weighted by Crippen LogP contribution is 2.32. The Hall–Kier alpha value is -1.56. The first-order chi connectivity index (χ1) is 7.31. The Labute approximate surface area is 93.8 Å². The van der Waals surface area contributed by atoms with E-state index in [1.165, 1.54) is 19.9 Å². The van der Waals surface area contributed by atoms with Gasteiger partial charge >= 0.3 is 0 Å². The minimum absolute atomic E-state index is 0.102. The Kier molecular flexibility index (Phi) is 3.23. The topological polar surface area (TPSA) is 97.5 Å². The molecule has 0 aliphatic carbocycles.